The third kappa shape index (κ3) is 4.36. The summed E-state index contributed by atoms with van der Waals surface area (Å²) in [6, 6.07) is 1.70. The lowest BCUT2D eigenvalue weighted by Gasteiger charge is -2.16. The van der Waals surface area contributed by atoms with E-state index in [0.29, 0.717) is 16.1 Å². The topological polar surface area (TPSA) is 57.7 Å². The van der Waals surface area contributed by atoms with E-state index in [1.54, 1.807) is 13.0 Å². The van der Waals surface area contributed by atoms with E-state index in [-0.39, 0.29) is 12.6 Å². The quantitative estimate of drug-likeness (QED) is 0.395. The summed E-state index contributed by atoms with van der Waals surface area (Å²) >= 11 is 5.35. The van der Waals surface area contributed by atoms with E-state index in [9.17, 15) is 4.79 Å². The summed E-state index contributed by atoms with van der Waals surface area (Å²) in [5.74, 6) is 0.821. The summed E-state index contributed by atoms with van der Waals surface area (Å²) in [6.45, 7) is 3.23. The summed E-state index contributed by atoms with van der Waals surface area (Å²) in [4.78, 5) is 15.4. The molecule has 0 bridgehead atoms. The minimum Gasteiger partial charge on any atom is -0.479 e. The summed E-state index contributed by atoms with van der Waals surface area (Å²) in [5, 5.41) is 0. The number of carbonyl (C=O) groups is 1. The van der Waals surface area contributed by atoms with E-state index < -0.39 is 6.10 Å². The van der Waals surface area contributed by atoms with Crippen LogP contribution in [0.25, 0.3) is 0 Å². The van der Waals surface area contributed by atoms with Gasteiger partial charge in [-0.3, -0.25) is 4.79 Å². The highest BCUT2D eigenvalue weighted by atomic mass is 127. The first kappa shape index (κ1) is 15.6. The molecule has 1 unspecified atom stereocenters. The van der Waals surface area contributed by atoms with Crippen LogP contribution in [-0.2, 0) is 9.53 Å². The second kappa shape index (κ2) is 7.25. The molecule has 0 aliphatic carbocycles. The van der Waals surface area contributed by atoms with Crippen molar-refractivity contribution in [3.05, 3.63) is 14.4 Å². The van der Waals surface area contributed by atoms with Gasteiger partial charge in [-0.25, -0.2) is 4.98 Å². The van der Waals surface area contributed by atoms with E-state index in [1.807, 2.05) is 0 Å². The van der Waals surface area contributed by atoms with E-state index in [0.717, 1.165) is 3.70 Å². The van der Waals surface area contributed by atoms with Crippen molar-refractivity contribution in [1.29, 1.82) is 0 Å². The standard InChI is InChI=1S/C11H13BrINO4/c1-6(15)7(2)18-8-4-9(13)14-11(12)10(8)17-5-16-3/h4,7H,5H2,1-3H3. The number of nitrogens with zero attached hydrogens (tertiary/aromatic N) is 1. The van der Waals surface area contributed by atoms with Crippen molar-refractivity contribution in [3.8, 4) is 11.5 Å². The van der Waals surface area contributed by atoms with Gasteiger partial charge in [0.05, 0.1) is 0 Å². The average molecular weight is 430 g/mol. The highest BCUT2D eigenvalue weighted by Crippen LogP contribution is 2.35. The molecule has 1 heterocycles. The monoisotopic (exact) mass is 429 g/mol. The summed E-state index contributed by atoms with van der Waals surface area (Å²) in [6.07, 6.45) is -0.542. The fourth-order valence-electron chi connectivity index (χ4n) is 1.06. The van der Waals surface area contributed by atoms with Crippen LogP contribution in [0, 0.1) is 3.70 Å². The van der Waals surface area contributed by atoms with Crippen molar-refractivity contribution in [2.75, 3.05) is 13.9 Å². The van der Waals surface area contributed by atoms with Crippen LogP contribution >= 0.6 is 38.5 Å². The maximum atomic E-state index is 11.2. The maximum Gasteiger partial charge on any atom is 0.197 e. The van der Waals surface area contributed by atoms with Crippen LogP contribution < -0.4 is 9.47 Å². The molecule has 0 saturated carbocycles. The average Bonchev–Trinajstić information content (AvgIpc) is 2.27. The lowest BCUT2D eigenvalue weighted by atomic mass is 10.3. The first-order valence-electron chi connectivity index (χ1n) is 5.10. The van der Waals surface area contributed by atoms with Crippen LogP contribution in [0.4, 0.5) is 0 Å². The minimum absolute atomic E-state index is 0.0596. The van der Waals surface area contributed by atoms with E-state index in [4.69, 9.17) is 14.2 Å². The molecule has 0 aromatic carbocycles. The molecule has 0 spiro atoms. The number of rotatable bonds is 6. The zero-order valence-corrected chi connectivity index (χ0v) is 13.9. The smallest absolute Gasteiger partial charge is 0.197 e. The Morgan fingerprint density at radius 1 is 1.61 bits per heavy atom. The van der Waals surface area contributed by atoms with Gasteiger partial charge in [0, 0.05) is 13.2 Å². The van der Waals surface area contributed by atoms with Crippen LogP contribution in [-0.4, -0.2) is 30.8 Å². The second-order valence-corrected chi connectivity index (χ2v) is 5.34. The van der Waals surface area contributed by atoms with Gasteiger partial charge in [-0.2, -0.15) is 0 Å². The van der Waals surface area contributed by atoms with Crippen molar-refractivity contribution in [1.82, 2.24) is 4.98 Å². The number of ketones is 1. The molecule has 5 nitrogen and oxygen atoms in total. The van der Waals surface area contributed by atoms with Crippen LogP contribution in [0.3, 0.4) is 0 Å². The highest BCUT2D eigenvalue weighted by molar-refractivity contribution is 14.1. The summed E-state index contributed by atoms with van der Waals surface area (Å²) in [7, 11) is 1.52. The van der Waals surface area contributed by atoms with Crippen LogP contribution in [0.5, 0.6) is 11.5 Å². The molecule has 0 N–H and O–H groups in total. The Bertz CT molecular complexity index is 441. The van der Waals surface area contributed by atoms with Gasteiger partial charge >= 0.3 is 0 Å². The molecule has 0 amide bonds. The molecule has 1 atom stereocenters. The van der Waals surface area contributed by atoms with Crippen LogP contribution in [0.15, 0.2) is 10.7 Å². The minimum atomic E-state index is -0.542. The molecule has 0 fully saturated rings. The largest absolute Gasteiger partial charge is 0.479 e. The van der Waals surface area contributed by atoms with E-state index in [1.165, 1.54) is 14.0 Å². The van der Waals surface area contributed by atoms with Crippen molar-refractivity contribution >= 4 is 44.3 Å². The van der Waals surface area contributed by atoms with Crippen molar-refractivity contribution in [3.63, 3.8) is 0 Å². The number of ether oxygens (including phenoxy) is 3. The van der Waals surface area contributed by atoms with Gasteiger partial charge in [-0.15, -0.1) is 0 Å². The molecule has 1 rings (SSSR count). The first-order chi connectivity index (χ1) is 8.45. The Hall–Kier alpha value is -0.410. The molecule has 7 heteroatoms. The maximum absolute atomic E-state index is 11.2. The second-order valence-electron chi connectivity index (χ2n) is 3.48. The predicted octanol–water partition coefficient (Wildman–Crippen LogP) is 2.79. The molecule has 18 heavy (non-hydrogen) atoms. The molecule has 0 radical (unpaired) electrons. The Labute approximate surface area is 127 Å². The van der Waals surface area contributed by atoms with Crippen molar-refractivity contribution in [2.45, 2.75) is 20.0 Å². The summed E-state index contributed by atoms with van der Waals surface area (Å²) < 4.78 is 17.0. The Morgan fingerprint density at radius 3 is 2.83 bits per heavy atom. The zero-order valence-electron chi connectivity index (χ0n) is 10.2. The molecule has 0 saturated heterocycles. The normalized spacial score (nSPS) is 12.1. The number of hydrogen-bond donors (Lipinski definition) is 0. The van der Waals surface area contributed by atoms with Crippen molar-refractivity contribution in [2.24, 2.45) is 0 Å². The molecular formula is C11H13BrINO4. The summed E-state index contributed by atoms with van der Waals surface area (Å²) in [5.41, 5.74) is 0. The number of carbonyl (C=O) groups excluding carboxylic acids is 1. The van der Waals surface area contributed by atoms with Crippen molar-refractivity contribution < 1.29 is 19.0 Å². The predicted molar refractivity (Wildman–Crippen MR) is 77.9 cm³/mol. The lowest BCUT2D eigenvalue weighted by Crippen LogP contribution is -2.21. The first-order valence-corrected chi connectivity index (χ1v) is 6.97. The fraction of sp³-hybridized carbons (Fsp3) is 0.455. The van der Waals surface area contributed by atoms with Gasteiger partial charge in [0.1, 0.15) is 3.70 Å². The third-order valence-electron chi connectivity index (χ3n) is 2.06. The third-order valence-corrected chi connectivity index (χ3v) is 3.15. The number of pyridine rings is 1. The van der Waals surface area contributed by atoms with Gasteiger partial charge < -0.3 is 14.2 Å². The Kier molecular flexibility index (Phi) is 6.30. The van der Waals surface area contributed by atoms with Gasteiger partial charge in [0.15, 0.2) is 34.8 Å². The fourth-order valence-corrected chi connectivity index (χ4v) is 2.42. The molecule has 1 aromatic heterocycles. The van der Waals surface area contributed by atoms with Gasteiger partial charge in [-0.05, 0) is 52.4 Å². The Balaban J connectivity index is 3.02. The van der Waals surface area contributed by atoms with Gasteiger partial charge in [-0.1, -0.05) is 0 Å². The SMILES string of the molecule is COCOc1c(OC(C)C(C)=O)cc(I)nc1Br. The molecular weight excluding hydrogens is 417 g/mol. The lowest BCUT2D eigenvalue weighted by molar-refractivity contribution is -0.122. The number of hydrogen-bond acceptors (Lipinski definition) is 5. The van der Waals surface area contributed by atoms with E-state index >= 15 is 0 Å². The molecule has 1 aromatic rings. The van der Waals surface area contributed by atoms with E-state index in [2.05, 4.69) is 43.5 Å². The van der Waals surface area contributed by atoms with Gasteiger partial charge in [0.2, 0.25) is 0 Å². The molecule has 0 aliphatic heterocycles. The van der Waals surface area contributed by atoms with Crippen LogP contribution in [0.1, 0.15) is 13.8 Å². The number of Topliss-reactive ketones (excluding diaryl/α,β-unsaturated/α-hetero) is 1. The number of aromatic nitrogens is 1. The number of halogens is 2. The van der Waals surface area contributed by atoms with Crippen LogP contribution in [0.2, 0.25) is 0 Å². The van der Waals surface area contributed by atoms with Gasteiger partial charge in [0.25, 0.3) is 0 Å². The number of methoxy groups -OCH3 is 1. The highest BCUT2D eigenvalue weighted by Gasteiger charge is 2.17. The zero-order chi connectivity index (χ0) is 13.7. The molecule has 100 valence electrons. The Morgan fingerprint density at radius 2 is 2.28 bits per heavy atom. The molecule has 0 aliphatic rings.